The fraction of sp³-hybridized carbons (Fsp3) is 0.286. The van der Waals surface area contributed by atoms with Gasteiger partial charge in [-0.15, -0.1) is 0 Å². The quantitative estimate of drug-likeness (QED) is 0.766. The van der Waals surface area contributed by atoms with Crippen LogP contribution in [0.25, 0.3) is 0 Å². The zero-order chi connectivity index (χ0) is 11.5. The van der Waals surface area contributed by atoms with Gasteiger partial charge in [-0.25, -0.2) is 0 Å². The van der Waals surface area contributed by atoms with Crippen molar-refractivity contribution in [3.8, 4) is 0 Å². The van der Waals surface area contributed by atoms with Crippen LogP contribution in [0.3, 0.4) is 0 Å². The van der Waals surface area contributed by atoms with Crippen molar-refractivity contribution in [2.45, 2.75) is 19.3 Å². The molecule has 0 saturated carbocycles. The Morgan fingerprint density at radius 1 is 1.31 bits per heavy atom. The SMILES string of the molecule is [CH2]Cc1cn(C)nc1C(C)c1ccccc1. The summed E-state index contributed by atoms with van der Waals surface area (Å²) in [6, 6.07) is 10.5. The van der Waals surface area contributed by atoms with E-state index in [1.807, 2.05) is 17.8 Å². The molecule has 0 aliphatic carbocycles. The summed E-state index contributed by atoms with van der Waals surface area (Å²) in [5, 5.41) is 4.53. The van der Waals surface area contributed by atoms with Gasteiger partial charge in [0.05, 0.1) is 5.69 Å². The lowest BCUT2D eigenvalue weighted by Crippen LogP contribution is -2.00. The highest BCUT2D eigenvalue weighted by molar-refractivity contribution is 5.32. The third-order valence-corrected chi connectivity index (χ3v) is 2.92. The van der Waals surface area contributed by atoms with Gasteiger partial charge in [-0.1, -0.05) is 37.3 Å². The molecule has 1 heterocycles. The highest BCUT2D eigenvalue weighted by atomic mass is 15.3. The average molecular weight is 213 g/mol. The number of benzene rings is 1. The lowest BCUT2D eigenvalue weighted by Gasteiger charge is -2.10. The lowest BCUT2D eigenvalue weighted by molar-refractivity contribution is 0.725. The second kappa shape index (κ2) is 4.52. The van der Waals surface area contributed by atoms with Crippen molar-refractivity contribution in [3.63, 3.8) is 0 Å². The monoisotopic (exact) mass is 213 g/mol. The predicted molar refractivity (Wildman–Crippen MR) is 66.2 cm³/mol. The van der Waals surface area contributed by atoms with Crippen molar-refractivity contribution < 1.29 is 0 Å². The summed E-state index contributed by atoms with van der Waals surface area (Å²) < 4.78 is 1.87. The van der Waals surface area contributed by atoms with E-state index in [1.54, 1.807) is 0 Å². The zero-order valence-electron chi connectivity index (χ0n) is 9.85. The Balaban J connectivity index is 2.37. The van der Waals surface area contributed by atoms with Gasteiger partial charge in [0.25, 0.3) is 0 Å². The van der Waals surface area contributed by atoms with Crippen LogP contribution >= 0.6 is 0 Å². The minimum Gasteiger partial charge on any atom is -0.275 e. The minimum absolute atomic E-state index is 0.333. The van der Waals surface area contributed by atoms with Crippen molar-refractivity contribution in [2.75, 3.05) is 0 Å². The molecule has 0 amide bonds. The van der Waals surface area contributed by atoms with Crippen molar-refractivity contribution in [2.24, 2.45) is 7.05 Å². The number of nitrogens with zero attached hydrogens (tertiary/aromatic N) is 2. The van der Waals surface area contributed by atoms with Gasteiger partial charge >= 0.3 is 0 Å². The molecule has 1 radical (unpaired) electrons. The highest BCUT2D eigenvalue weighted by Gasteiger charge is 2.15. The van der Waals surface area contributed by atoms with E-state index in [-0.39, 0.29) is 0 Å². The molecule has 0 aliphatic heterocycles. The summed E-state index contributed by atoms with van der Waals surface area (Å²) in [5.74, 6) is 0.333. The van der Waals surface area contributed by atoms with E-state index in [9.17, 15) is 0 Å². The fourth-order valence-electron chi connectivity index (χ4n) is 2.01. The molecule has 83 valence electrons. The summed E-state index contributed by atoms with van der Waals surface area (Å²) in [4.78, 5) is 0. The number of hydrogen-bond donors (Lipinski definition) is 0. The summed E-state index contributed by atoms with van der Waals surface area (Å²) in [7, 11) is 1.96. The molecule has 0 aliphatic rings. The van der Waals surface area contributed by atoms with E-state index in [1.165, 1.54) is 11.1 Å². The van der Waals surface area contributed by atoms with E-state index in [0.29, 0.717) is 5.92 Å². The summed E-state index contributed by atoms with van der Waals surface area (Å²) in [5.41, 5.74) is 3.68. The van der Waals surface area contributed by atoms with Crippen LogP contribution in [0.15, 0.2) is 36.5 Å². The molecular weight excluding hydrogens is 196 g/mol. The van der Waals surface area contributed by atoms with Gasteiger partial charge in [-0.05, 0) is 24.5 Å². The van der Waals surface area contributed by atoms with Crippen LogP contribution in [0, 0.1) is 6.92 Å². The first kappa shape index (κ1) is 10.9. The molecule has 1 aromatic carbocycles. The normalized spacial score (nSPS) is 12.7. The van der Waals surface area contributed by atoms with Gasteiger partial charge in [0, 0.05) is 19.2 Å². The molecule has 1 aromatic heterocycles. The molecule has 0 N–H and O–H groups in total. The van der Waals surface area contributed by atoms with E-state index in [4.69, 9.17) is 0 Å². The van der Waals surface area contributed by atoms with Crippen LogP contribution in [0.4, 0.5) is 0 Å². The highest BCUT2D eigenvalue weighted by Crippen LogP contribution is 2.25. The molecule has 2 heteroatoms. The van der Waals surface area contributed by atoms with Crippen molar-refractivity contribution in [1.82, 2.24) is 9.78 Å². The Kier molecular flexibility index (Phi) is 3.09. The summed E-state index contributed by atoms with van der Waals surface area (Å²) in [6.45, 7) is 6.14. The first-order chi connectivity index (χ1) is 7.72. The lowest BCUT2D eigenvalue weighted by atomic mass is 9.95. The molecule has 0 fully saturated rings. The average Bonchev–Trinajstić information content (AvgIpc) is 2.70. The maximum atomic E-state index is 4.53. The number of hydrogen-bond acceptors (Lipinski definition) is 1. The number of rotatable bonds is 3. The molecular formula is C14H17N2. The van der Waals surface area contributed by atoms with Crippen LogP contribution in [-0.4, -0.2) is 9.78 Å². The van der Waals surface area contributed by atoms with Gasteiger partial charge in [0.2, 0.25) is 0 Å². The molecule has 2 aromatic rings. The van der Waals surface area contributed by atoms with Gasteiger partial charge in [0.15, 0.2) is 0 Å². The Hall–Kier alpha value is -1.57. The van der Waals surface area contributed by atoms with Crippen molar-refractivity contribution in [1.29, 1.82) is 0 Å². The molecule has 0 spiro atoms. The Morgan fingerprint density at radius 2 is 2.00 bits per heavy atom. The fourth-order valence-corrected chi connectivity index (χ4v) is 2.01. The Labute approximate surface area is 96.9 Å². The summed E-state index contributed by atoms with van der Waals surface area (Å²) >= 11 is 0. The first-order valence-corrected chi connectivity index (χ1v) is 5.59. The third-order valence-electron chi connectivity index (χ3n) is 2.92. The van der Waals surface area contributed by atoms with Gasteiger partial charge < -0.3 is 0 Å². The van der Waals surface area contributed by atoms with Crippen LogP contribution in [0.1, 0.15) is 29.7 Å². The minimum atomic E-state index is 0.333. The smallest absolute Gasteiger partial charge is 0.0728 e. The topological polar surface area (TPSA) is 17.8 Å². The predicted octanol–water partition coefficient (Wildman–Crippen LogP) is 2.95. The van der Waals surface area contributed by atoms with E-state index < -0.39 is 0 Å². The molecule has 16 heavy (non-hydrogen) atoms. The van der Waals surface area contributed by atoms with E-state index in [2.05, 4.69) is 49.4 Å². The molecule has 2 nitrogen and oxygen atoms in total. The number of aromatic nitrogens is 2. The zero-order valence-corrected chi connectivity index (χ0v) is 9.85. The van der Waals surface area contributed by atoms with Gasteiger partial charge in [0.1, 0.15) is 0 Å². The maximum absolute atomic E-state index is 4.53. The largest absolute Gasteiger partial charge is 0.275 e. The number of aryl methyl sites for hydroxylation is 1. The first-order valence-electron chi connectivity index (χ1n) is 5.59. The van der Waals surface area contributed by atoms with Gasteiger partial charge in [-0.3, -0.25) is 4.68 Å². The Bertz CT molecular complexity index is 457. The van der Waals surface area contributed by atoms with Crippen LogP contribution in [0.5, 0.6) is 0 Å². The van der Waals surface area contributed by atoms with Crippen molar-refractivity contribution in [3.05, 3.63) is 60.3 Å². The molecule has 0 saturated heterocycles. The van der Waals surface area contributed by atoms with Crippen LogP contribution < -0.4 is 0 Å². The standard InChI is InChI=1S/C14H17N2/c1-4-12-10-16(3)15-14(12)11(2)13-8-6-5-7-9-13/h5-11H,1,4H2,2-3H3. The van der Waals surface area contributed by atoms with Gasteiger partial charge in [-0.2, -0.15) is 5.10 Å². The van der Waals surface area contributed by atoms with E-state index in [0.717, 1.165) is 12.1 Å². The Morgan fingerprint density at radius 3 is 2.62 bits per heavy atom. The van der Waals surface area contributed by atoms with Crippen LogP contribution in [0.2, 0.25) is 0 Å². The third kappa shape index (κ3) is 2.01. The maximum Gasteiger partial charge on any atom is 0.0728 e. The molecule has 1 atom stereocenters. The van der Waals surface area contributed by atoms with Crippen LogP contribution in [-0.2, 0) is 13.5 Å². The van der Waals surface area contributed by atoms with Crippen molar-refractivity contribution >= 4 is 0 Å². The molecule has 0 bridgehead atoms. The van der Waals surface area contributed by atoms with E-state index >= 15 is 0 Å². The molecule has 2 rings (SSSR count). The summed E-state index contributed by atoms with van der Waals surface area (Å²) in [6.07, 6.45) is 2.85. The second-order valence-electron chi connectivity index (χ2n) is 4.10. The second-order valence-corrected chi connectivity index (χ2v) is 4.10. The molecule has 1 unspecified atom stereocenters.